The molecule has 29 heavy (non-hydrogen) atoms. The van der Waals surface area contributed by atoms with Crippen molar-refractivity contribution in [2.45, 2.75) is 18.9 Å². The highest BCUT2D eigenvalue weighted by Gasteiger charge is 2.30. The number of hydrogen-bond acceptors (Lipinski definition) is 6. The molecule has 0 saturated carbocycles. The number of carbonyl (C=O) groups is 1. The largest absolute Gasteiger partial charge is 0.476 e. The van der Waals surface area contributed by atoms with E-state index < -0.39 is 5.97 Å². The molecule has 2 aromatic carbocycles. The molecular weight excluding hydrogens is 396 g/mol. The average Bonchev–Trinajstić information content (AvgIpc) is 3.46. The summed E-state index contributed by atoms with van der Waals surface area (Å²) in [5.74, 6) is -0.537. The van der Waals surface area contributed by atoms with Gasteiger partial charge in [0.2, 0.25) is 0 Å². The van der Waals surface area contributed by atoms with Crippen molar-refractivity contribution in [2.24, 2.45) is 0 Å². The van der Waals surface area contributed by atoms with Crippen molar-refractivity contribution < 1.29 is 19.2 Å². The minimum absolute atomic E-state index is 0.0970. The predicted octanol–water partition coefficient (Wildman–Crippen LogP) is 4.28. The van der Waals surface area contributed by atoms with Gasteiger partial charge in [0.15, 0.2) is 11.5 Å². The summed E-state index contributed by atoms with van der Waals surface area (Å²) in [5.41, 5.74) is 2.51. The van der Waals surface area contributed by atoms with Crippen LogP contribution in [0.5, 0.6) is 0 Å². The number of carboxylic acids is 1. The van der Waals surface area contributed by atoms with Gasteiger partial charge in [-0.1, -0.05) is 22.0 Å². The molecule has 1 N–H and O–H groups in total. The van der Waals surface area contributed by atoms with Gasteiger partial charge in [-0.25, -0.2) is 9.48 Å². The molecule has 1 fully saturated rings. The number of aromatic nitrogens is 4. The first-order valence-corrected chi connectivity index (χ1v) is 9.46. The third-order valence-corrected chi connectivity index (χ3v) is 5.21. The molecule has 4 aromatic rings. The molecule has 2 aromatic heterocycles. The molecule has 9 heteroatoms. The number of rotatable bonds is 4. The van der Waals surface area contributed by atoms with E-state index in [1.54, 1.807) is 24.3 Å². The molecule has 5 rings (SSSR count). The Bertz CT molecular complexity index is 1210. The Labute approximate surface area is 169 Å². The van der Waals surface area contributed by atoms with Crippen LogP contribution in [-0.4, -0.2) is 37.8 Å². The van der Waals surface area contributed by atoms with E-state index in [1.807, 2.05) is 18.2 Å². The molecule has 8 nitrogen and oxygen atoms in total. The molecule has 0 radical (unpaired) electrons. The zero-order valence-electron chi connectivity index (χ0n) is 15.1. The van der Waals surface area contributed by atoms with Crippen LogP contribution in [0.1, 0.15) is 35.1 Å². The number of aromatic carboxylic acids is 1. The van der Waals surface area contributed by atoms with Crippen LogP contribution in [0.25, 0.3) is 27.9 Å². The third kappa shape index (κ3) is 3.06. The highest BCUT2D eigenvalue weighted by molar-refractivity contribution is 6.30. The number of nitrogens with zero attached hydrogens (tertiary/aromatic N) is 4. The maximum Gasteiger partial charge on any atom is 0.358 e. The van der Waals surface area contributed by atoms with Crippen LogP contribution >= 0.6 is 11.6 Å². The Kier molecular flexibility index (Phi) is 4.30. The molecule has 1 unspecified atom stereocenters. The van der Waals surface area contributed by atoms with E-state index in [1.165, 1.54) is 4.68 Å². The van der Waals surface area contributed by atoms with E-state index >= 15 is 0 Å². The molecule has 0 bridgehead atoms. The summed E-state index contributed by atoms with van der Waals surface area (Å²) in [6, 6.07) is 12.7. The van der Waals surface area contributed by atoms with Gasteiger partial charge in [0.1, 0.15) is 17.3 Å². The minimum Gasteiger partial charge on any atom is -0.476 e. The van der Waals surface area contributed by atoms with Gasteiger partial charge < -0.3 is 14.4 Å². The molecule has 1 aliphatic heterocycles. The molecule has 146 valence electrons. The Balaban J connectivity index is 1.65. The topological polar surface area (TPSA) is 103 Å². The number of ether oxygens (including phenoxy) is 1. The fourth-order valence-electron chi connectivity index (χ4n) is 3.59. The highest BCUT2D eigenvalue weighted by Crippen LogP contribution is 2.34. The van der Waals surface area contributed by atoms with Gasteiger partial charge >= 0.3 is 5.97 Å². The normalized spacial score (nSPS) is 16.5. The maximum atomic E-state index is 11.7. The van der Waals surface area contributed by atoms with E-state index in [4.69, 9.17) is 20.9 Å². The van der Waals surface area contributed by atoms with Crippen molar-refractivity contribution in [3.05, 3.63) is 58.9 Å². The lowest BCUT2D eigenvalue weighted by molar-refractivity contribution is 0.0673. The van der Waals surface area contributed by atoms with Crippen LogP contribution in [0.3, 0.4) is 0 Å². The molecule has 0 amide bonds. The fraction of sp³-hybridized carbons (Fsp3) is 0.200. The van der Waals surface area contributed by atoms with Gasteiger partial charge in [0.05, 0.1) is 11.1 Å². The first-order chi connectivity index (χ1) is 14.1. The van der Waals surface area contributed by atoms with Crippen LogP contribution in [-0.2, 0) is 4.74 Å². The van der Waals surface area contributed by atoms with Crippen LogP contribution in [0.4, 0.5) is 0 Å². The second kappa shape index (κ2) is 6.98. The van der Waals surface area contributed by atoms with Crippen molar-refractivity contribution >= 4 is 28.5 Å². The van der Waals surface area contributed by atoms with Gasteiger partial charge in [-0.15, -0.1) is 5.10 Å². The molecule has 0 aliphatic carbocycles. The summed E-state index contributed by atoms with van der Waals surface area (Å²) < 4.78 is 12.8. The van der Waals surface area contributed by atoms with Crippen molar-refractivity contribution in [3.63, 3.8) is 0 Å². The van der Waals surface area contributed by atoms with Crippen molar-refractivity contribution in [1.29, 1.82) is 0 Å². The summed E-state index contributed by atoms with van der Waals surface area (Å²) in [6.45, 7) is 0.584. The van der Waals surface area contributed by atoms with Crippen molar-refractivity contribution in [2.75, 3.05) is 6.61 Å². The van der Waals surface area contributed by atoms with Gasteiger partial charge in [-0.3, -0.25) is 0 Å². The minimum atomic E-state index is -1.13. The van der Waals surface area contributed by atoms with Crippen molar-refractivity contribution in [1.82, 2.24) is 20.2 Å². The Hall–Kier alpha value is -3.23. The SMILES string of the molecule is O=C(O)c1nnn(-c2ccc3noc(-c4ccc(Cl)cc4)c3c2)c1C1CCCO1. The van der Waals surface area contributed by atoms with Crippen LogP contribution in [0.2, 0.25) is 5.02 Å². The van der Waals surface area contributed by atoms with Crippen LogP contribution in [0.15, 0.2) is 47.0 Å². The van der Waals surface area contributed by atoms with Gasteiger partial charge in [-0.2, -0.15) is 0 Å². The monoisotopic (exact) mass is 410 g/mol. The number of halogens is 1. The van der Waals surface area contributed by atoms with Crippen molar-refractivity contribution in [3.8, 4) is 17.0 Å². The van der Waals surface area contributed by atoms with Crippen LogP contribution < -0.4 is 0 Å². The predicted molar refractivity (Wildman–Crippen MR) is 104 cm³/mol. The Morgan fingerprint density at radius 3 is 2.76 bits per heavy atom. The second-order valence-corrected chi connectivity index (χ2v) is 7.20. The van der Waals surface area contributed by atoms with E-state index in [2.05, 4.69) is 15.5 Å². The first kappa shape index (κ1) is 17.8. The first-order valence-electron chi connectivity index (χ1n) is 9.08. The number of benzene rings is 2. The van der Waals surface area contributed by atoms with E-state index in [0.29, 0.717) is 34.3 Å². The quantitative estimate of drug-likeness (QED) is 0.535. The molecule has 1 aliphatic rings. The third-order valence-electron chi connectivity index (χ3n) is 4.95. The number of carboxylic acid groups (broad SMARTS) is 1. The summed E-state index contributed by atoms with van der Waals surface area (Å²) in [6.07, 6.45) is 1.23. The molecule has 0 spiro atoms. The second-order valence-electron chi connectivity index (χ2n) is 6.76. The highest BCUT2D eigenvalue weighted by atomic mass is 35.5. The summed E-state index contributed by atoms with van der Waals surface area (Å²) in [7, 11) is 0. The van der Waals surface area contributed by atoms with E-state index in [-0.39, 0.29) is 11.8 Å². The van der Waals surface area contributed by atoms with E-state index in [9.17, 15) is 9.90 Å². The molecule has 1 atom stereocenters. The zero-order chi connectivity index (χ0) is 20.0. The average molecular weight is 411 g/mol. The molecule has 3 heterocycles. The fourth-order valence-corrected chi connectivity index (χ4v) is 3.71. The summed E-state index contributed by atoms with van der Waals surface area (Å²) in [5, 5.41) is 23.0. The Morgan fingerprint density at radius 2 is 2.03 bits per heavy atom. The van der Waals surface area contributed by atoms with Gasteiger partial charge in [-0.05, 0) is 55.3 Å². The molecular formula is C20H15ClN4O4. The van der Waals surface area contributed by atoms with Crippen LogP contribution in [0, 0.1) is 0 Å². The molecule has 1 saturated heterocycles. The lowest BCUT2D eigenvalue weighted by atomic mass is 10.1. The van der Waals surface area contributed by atoms with Gasteiger partial charge in [0.25, 0.3) is 0 Å². The number of hydrogen-bond donors (Lipinski definition) is 1. The maximum absolute atomic E-state index is 11.7. The standard InChI is InChI=1S/C20H15ClN4O4/c21-12-5-3-11(4-6-12)19-14-10-13(7-8-15(14)23-29-19)25-18(16-2-1-9-28-16)17(20(26)27)22-24-25/h3-8,10,16H,1-2,9H2,(H,26,27). The van der Waals surface area contributed by atoms with Gasteiger partial charge in [0, 0.05) is 17.2 Å². The summed E-state index contributed by atoms with van der Waals surface area (Å²) in [4.78, 5) is 11.7. The smallest absolute Gasteiger partial charge is 0.358 e. The Morgan fingerprint density at radius 1 is 1.21 bits per heavy atom. The van der Waals surface area contributed by atoms with E-state index in [0.717, 1.165) is 23.8 Å². The lowest BCUT2D eigenvalue weighted by Gasteiger charge is -2.12. The lowest BCUT2D eigenvalue weighted by Crippen LogP contribution is -2.11. The summed E-state index contributed by atoms with van der Waals surface area (Å²) >= 11 is 5.98. The zero-order valence-corrected chi connectivity index (χ0v) is 15.8. The number of fused-ring (bicyclic) bond motifs is 1.